The molecule has 0 unspecified atom stereocenters. The third-order valence-corrected chi connectivity index (χ3v) is 3.68. The van der Waals surface area contributed by atoms with Crippen LogP contribution in [0.5, 0.6) is 0 Å². The Labute approximate surface area is 136 Å². The number of nitrogen functional groups attached to an aromatic ring is 1. The Morgan fingerprint density at radius 2 is 2.18 bits per heavy atom. The van der Waals surface area contributed by atoms with E-state index in [1.54, 1.807) is 0 Å². The van der Waals surface area contributed by atoms with Crippen molar-refractivity contribution in [1.29, 1.82) is 0 Å². The minimum Gasteiger partial charge on any atom is -0.399 e. The number of anilines is 1. The fraction of sp³-hybridized carbons (Fsp3) is 0.467. The molecule has 1 aromatic carbocycles. The fourth-order valence-corrected chi connectivity index (χ4v) is 2.30. The maximum atomic E-state index is 5.76. The highest BCUT2D eigenvalue weighted by Crippen LogP contribution is 2.07. The maximum Gasteiger partial charge on any atom is 0.187 e. The van der Waals surface area contributed by atoms with Gasteiger partial charge in [-0.25, -0.2) is 0 Å². The highest BCUT2D eigenvalue weighted by molar-refractivity contribution is 7.80. The van der Waals surface area contributed by atoms with Gasteiger partial charge in [-0.1, -0.05) is 12.1 Å². The molecule has 2 rings (SSSR count). The van der Waals surface area contributed by atoms with Crippen molar-refractivity contribution in [2.75, 3.05) is 45.1 Å². The fourth-order valence-electron chi connectivity index (χ4n) is 2.15. The van der Waals surface area contributed by atoms with E-state index in [2.05, 4.69) is 20.7 Å². The number of hydrogen-bond acceptors (Lipinski definition) is 5. The third kappa shape index (κ3) is 5.59. The molecule has 0 aromatic heterocycles. The molecule has 0 atom stereocenters. The van der Waals surface area contributed by atoms with Gasteiger partial charge in [0.15, 0.2) is 5.11 Å². The second-order valence-electron chi connectivity index (χ2n) is 5.14. The lowest BCUT2D eigenvalue weighted by Crippen LogP contribution is -2.42. The van der Waals surface area contributed by atoms with Gasteiger partial charge in [0.2, 0.25) is 0 Å². The van der Waals surface area contributed by atoms with Gasteiger partial charge in [0.1, 0.15) is 0 Å². The van der Waals surface area contributed by atoms with E-state index in [-0.39, 0.29) is 0 Å². The Morgan fingerprint density at radius 3 is 2.91 bits per heavy atom. The number of rotatable bonds is 5. The summed E-state index contributed by atoms with van der Waals surface area (Å²) in [4.78, 5) is 2.35. The zero-order chi connectivity index (χ0) is 15.8. The van der Waals surface area contributed by atoms with Gasteiger partial charge in [-0.15, -0.1) is 0 Å². The third-order valence-electron chi connectivity index (χ3n) is 3.45. The Bertz CT molecular complexity index is 528. The molecule has 0 spiro atoms. The van der Waals surface area contributed by atoms with Crippen molar-refractivity contribution in [1.82, 2.24) is 15.6 Å². The standard InChI is InChI=1S/C15H23N5OS/c1-12(13-3-2-4-14(16)11-13)18-19-15(22)17-5-6-20-7-9-21-10-8-20/h2-4,11H,5-10,16H2,1H3,(H2,17,19,22)/b18-12-. The van der Waals surface area contributed by atoms with Crippen LogP contribution in [-0.2, 0) is 4.74 Å². The molecule has 1 saturated heterocycles. The number of nitrogens with two attached hydrogens (primary N) is 1. The molecule has 120 valence electrons. The van der Waals surface area contributed by atoms with Crippen molar-refractivity contribution in [3.63, 3.8) is 0 Å². The van der Waals surface area contributed by atoms with Gasteiger partial charge in [0.25, 0.3) is 0 Å². The first-order chi connectivity index (χ1) is 10.6. The van der Waals surface area contributed by atoms with E-state index < -0.39 is 0 Å². The first-order valence-corrected chi connectivity index (χ1v) is 7.80. The molecule has 1 fully saturated rings. The van der Waals surface area contributed by atoms with Crippen LogP contribution in [0.25, 0.3) is 0 Å². The number of morpholine rings is 1. The van der Waals surface area contributed by atoms with Crippen molar-refractivity contribution in [3.05, 3.63) is 29.8 Å². The molecular formula is C15H23N5OS. The molecule has 0 amide bonds. The quantitative estimate of drug-likeness (QED) is 0.322. The van der Waals surface area contributed by atoms with E-state index >= 15 is 0 Å². The second-order valence-corrected chi connectivity index (χ2v) is 5.55. The molecule has 7 heteroatoms. The summed E-state index contributed by atoms with van der Waals surface area (Å²) in [5.41, 5.74) is 11.2. The van der Waals surface area contributed by atoms with Gasteiger partial charge >= 0.3 is 0 Å². The van der Waals surface area contributed by atoms with Crippen molar-refractivity contribution in [3.8, 4) is 0 Å². The van der Waals surface area contributed by atoms with E-state index in [0.717, 1.165) is 56.4 Å². The van der Waals surface area contributed by atoms with E-state index in [0.29, 0.717) is 5.11 Å². The van der Waals surface area contributed by atoms with Gasteiger partial charge in [0.05, 0.1) is 18.9 Å². The average Bonchev–Trinajstić information content (AvgIpc) is 2.53. The average molecular weight is 321 g/mol. The molecule has 0 aliphatic carbocycles. The van der Waals surface area contributed by atoms with Gasteiger partial charge in [-0.2, -0.15) is 5.10 Å². The van der Waals surface area contributed by atoms with Crippen molar-refractivity contribution in [2.45, 2.75) is 6.92 Å². The number of ether oxygens (including phenoxy) is 1. The summed E-state index contributed by atoms with van der Waals surface area (Å²) in [7, 11) is 0. The summed E-state index contributed by atoms with van der Waals surface area (Å²) >= 11 is 5.22. The number of benzene rings is 1. The summed E-state index contributed by atoms with van der Waals surface area (Å²) < 4.78 is 5.32. The van der Waals surface area contributed by atoms with E-state index in [4.69, 9.17) is 22.7 Å². The van der Waals surface area contributed by atoms with Crippen LogP contribution in [0.15, 0.2) is 29.4 Å². The van der Waals surface area contributed by atoms with Crippen LogP contribution in [0.2, 0.25) is 0 Å². The molecule has 1 aliphatic heterocycles. The number of hydrazone groups is 1. The monoisotopic (exact) mass is 321 g/mol. The lowest BCUT2D eigenvalue weighted by atomic mass is 10.1. The summed E-state index contributed by atoms with van der Waals surface area (Å²) in [6.07, 6.45) is 0. The number of hydrogen-bond donors (Lipinski definition) is 3. The minimum atomic E-state index is 0.525. The zero-order valence-electron chi connectivity index (χ0n) is 12.8. The number of nitrogens with one attached hydrogen (secondary N) is 2. The summed E-state index contributed by atoms with van der Waals surface area (Å²) in [6, 6.07) is 7.60. The lowest BCUT2D eigenvalue weighted by Gasteiger charge is -2.26. The largest absolute Gasteiger partial charge is 0.399 e. The molecule has 4 N–H and O–H groups in total. The van der Waals surface area contributed by atoms with Crippen LogP contribution in [-0.4, -0.2) is 55.1 Å². The summed E-state index contributed by atoms with van der Waals surface area (Å²) in [5, 5.41) is 7.95. The summed E-state index contributed by atoms with van der Waals surface area (Å²) in [6.45, 7) is 7.24. The van der Waals surface area contributed by atoms with Crippen LogP contribution < -0.4 is 16.5 Å². The highest BCUT2D eigenvalue weighted by Gasteiger charge is 2.09. The van der Waals surface area contributed by atoms with Crippen LogP contribution in [0.1, 0.15) is 12.5 Å². The first-order valence-electron chi connectivity index (χ1n) is 7.39. The second kappa shape index (κ2) is 8.67. The smallest absolute Gasteiger partial charge is 0.187 e. The lowest BCUT2D eigenvalue weighted by molar-refractivity contribution is 0.0389. The van der Waals surface area contributed by atoms with E-state index in [1.807, 2.05) is 31.2 Å². The van der Waals surface area contributed by atoms with Gasteiger partial charge < -0.3 is 15.8 Å². The van der Waals surface area contributed by atoms with E-state index in [1.165, 1.54) is 0 Å². The number of nitrogens with zero attached hydrogens (tertiary/aromatic N) is 2. The molecule has 0 radical (unpaired) electrons. The molecule has 22 heavy (non-hydrogen) atoms. The van der Waals surface area contributed by atoms with Gasteiger partial charge in [-0.3, -0.25) is 10.3 Å². The van der Waals surface area contributed by atoms with Crippen LogP contribution in [0, 0.1) is 0 Å². The minimum absolute atomic E-state index is 0.525. The SMILES string of the molecule is C/C(=N/NC(=S)NCCN1CCOCC1)c1cccc(N)c1. The van der Waals surface area contributed by atoms with Gasteiger partial charge in [0, 0.05) is 31.9 Å². The van der Waals surface area contributed by atoms with Crippen LogP contribution in [0.3, 0.4) is 0 Å². The normalized spacial score (nSPS) is 16.3. The predicted octanol–water partition coefficient (Wildman–Crippen LogP) is 0.789. The van der Waals surface area contributed by atoms with Crippen molar-refractivity contribution in [2.24, 2.45) is 5.10 Å². The molecule has 1 heterocycles. The Kier molecular flexibility index (Phi) is 6.57. The summed E-state index contributed by atoms with van der Waals surface area (Å²) in [5.74, 6) is 0. The molecule has 6 nitrogen and oxygen atoms in total. The van der Waals surface area contributed by atoms with Crippen LogP contribution >= 0.6 is 12.2 Å². The van der Waals surface area contributed by atoms with Crippen molar-refractivity contribution >= 4 is 28.7 Å². The maximum absolute atomic E-state index is 5.76. The molecular weight excluding hydrogens is 298 g/mol. The Balaban J connectivity index is 1.71. The number of thiocarbonyl (C=S) groups is 1. The Hall–Kier alpha value is -1.70. The molecule has 1 aromatic rings. The predicted molar refractivity (Wildman–Crippen MR) is 94.1 cm³/mol. The molecule has 1 aliphatic rings. The molecule has 0 saturated carbocycles. The van der Waals surface area contributed by atoms with Crippen LogP contribution in [0.4, 0.5) is 5.69 Å². The van der Waals surface area contributed by atoms with Crippen molar-refractivity contribution < 1.29 is 4.74 Å². The zero-order valence-corrected chi connectivity index (χ0v) is 13.7. The van der Waals surface area contributed by atoms with E-state index in [9.17, 15) is 0 Å². The highest BCUT2D eigenvalue weighted by atomic mass is 32.1. The molecule has 0 bridgehead atoms. The Morgan fingerprint density at radius 1 is 1.41 bits per heavy atom. The first kappa shape index (κ1) is 16.7. The van der Waals surface area contributed by atoms with Gasteiger partial charge in [-0.05, 0) is 36.8 Å². The topological polar surface area (TPSA) is 74.9 Å².